The van der Waals surface area contributed by atoms with Gasteiger partial charge in [-0.2, -0.15) is 4.57 Å². The van der Waals surface area contributed by atoms with Crippen molar-refractivity contribution in [2.24, 2.45) is 5.92 Å². The number of fused-ring (bicyclic) bond motifs is 2. The van der Waals surface area contributed by atoms with Crippen molar-refractivity contribution in [3.63, 3.8) is 0 Å². The van der Waals surface area contributed by atoms with Crippen LogP contribution in [0.4, 0.5) is 5.69 Å². The molecule has 0 saturated heterocycles. The summed E-state index contributed by atoms with van der Waals surface area (Å²) in [5, 5.41) is 2.49. The minimum atomic E-state index is -4.94. The Kier molecular flexibility index (Phi) is 10.9. The molecule has 224 valence electrons. The first-order valence-electron chi connectivity index (χ1n) is 14.0. The summed E-state index contributed by atoms with van der Waals surface area (Å²) in [5.74, 6) is 0.241. The van der Waals surface area contributed by atoms with Crippen LogP contribution in [0.15, 0.2) is 81.8 Å². The number of benzene rings is 2. The predicted molar refractivity (Wildman–Crippen MR) is 158 cm³/mol. The van der Waals surface area contributed by atoms with Crippen molar-refractivity contribution in [1.82, 2.24) is 4.90 Å². The smallest absolute Gasteiger partial charge is 0.263 e. The van der Waals surface area contributed by atoms with Crippen LogP contribution in [-0.2, 0) is 11.3 Å². The molecule has 1 unspecified atom stereocenters. The standard InChI is InChI=1S/C31H36N3OS2.ClHO4/c1-5-32(6-2)31(35)24-18-22(20-29-33(7-3)25-13-9-11-15-27(25)36-29)17-23(19-24)21-30-34(8-4)26-14-10-12-16-28(26)37-30;2-1(3,4)5/h9-17,20-21,24H,5-8,18-19H2,1-4H3;(H,2,3,4,5)/q+1;/p-1. The summed E-state index contributed by atoms with van der Waals surface area (Å²) in [5.41, 5.74) is 5.03. The van der Waals surface area contributed by atoms with Gasteiger partial charge in [-0.1, -0.05) is 53.4 Å². The van der Waals surface area contributed by atoms with Gasteiger partial charge >= 0.3 is 0 Å². The van der Waals surface area contributed by atoms with Crippen LogP contribution in [0.25, 0.3) is 16.3 Å². The number of allylic oxidation sites excluding steroid dienone is 4. The fraction of sp³-hybridized carbons (Fsp3) is 0.355. The van der Waals surface area contributed by atoms with Crippen LogP contribution < -0.4 is 28.1 Å². The number of amides is 1. The summed E-state index contributed by atoms with van der Waals surface area (Å²) in [4.78, 5) is 19.2. The maximum absolute atomic E-state index is 13.5. The summed E-state index contributed by atoms with van der Waals surface area (Å²) in [6.45, 7) is 11.9. The first kappa shape index (κ1) is 32.2. The minimum Gasteiger partial charge on any atom is -0.343 e. The molecule has 1 amide bonds. The quantitative estimate of drug-likeness (QED) is 0.368. The monoisotopic (exact) mass is 629 g/mol. The number of carbonyl (C=O) groups is 1. The summed E-state index contributed by atoms with van der Waals surface area (Å²) in [7, 11) is -4.94. The molecule has 1 atom stereocenters. The number of nitrogens with zero attached hydrogens (tertiary/aromatic N) is 3. The number of aromatic nitrogens is 1. The Hall–Kier alpha value is -2.70. The van der Waals surface area contributed by atoms with Gasteiger partial charge in [-0.3, -0.25) is 4.79 Å². The number of carbonyl (C=O) groups excluding carboxylic acids is 1. The minimum absolute atomic E-state index is 0.0312. The number of halogens is 1. The molecule has 0 radical (unpaired) electrons. The molecule has 8 nitrogen and oxygen atoms in total. The summed E-state index contributed by atoms with van der Waals surface area (Å²) >= 11 is 3.66. The van der Waals surface area contributed by atoms with Crippen molar-refractivity contribution in [2.75, 3.05) is 24.5 Å². The van der Waals surface area contributed by atoms with E-state index in [9.17, 15) is 4.79 Å². The molecule has 0 saturated carbocycles. The second kappa shape index (κ2) is 14.2. The Balaban J connectivity index is 0.000000748. The number of para-hydroxylation sites is 2. The predicted octanol–water partition coefficient (Wildman–Crippen LogP) is 2.51. The van der Waals surface area contributed by atoms with E-state index in [0.29, 0.717) is 0 Å². The summed E-state index contributed by atoms with van der Waals surface area (Å²) in [6, 6.07) is 17.2. The van der Waals surface area contributed by atoms with Gasteiger partial charge in [-0.05, 0) is 76.0 Å². The molecule has 0 bridgehead atoms. The number of thioether (sulfide) groups is 1. The molecule has 0 N–H and O–H groups in total. The molecular formula is C31H36ClN3O5S2. The molecule has 1 aliphatic heterocycles. The Labute approximate surface area is 257 Å². The van der Waals surface area contributed by atoms with Crippen molar-refractivity contribution in [1.29, 1.82) is 0 Å². The molecule has 5 rings (SSSR count). The number of hydrogen-bond donors (Lipinski definition) is 0. The Morgan fingerprint density at radius 2 is 1.67 bits per heavy atom. The van der Waals surface area contributed by atoms with E-state index in [2.05, 4.69) is 104 Å². The lowest BCUT2D eigenvalue weighted by Gasteiger charge is -2.29. The van der Waals surface area contributed by atoms with E-state index in [1.54, 1.807) is 0 Å². The Morgan fingerprint density at radius 3 is 2.33 bits per heavy atom. The van der Waals surface area contributed by atoms with E-state index in [4.69, 9.17) is 18.6 Å². The van der Waals surface area contributed by atoms with Crippen LogP contribution in [0.1, 0.15) is 45.5 Å². The van der Waals surface area contributed by atoms with E-state index >= 15 is 0 Å². The SMILES string of the molecule is CCN(CC)C(=O)C1CC(/C=C2\Sc3ccccc3N2CC)=CC(=C/c2sc3ccccc3[n+]2CC)/C1.[O-][Cl+3]([O-])([O-])[O-]. The van der Waals surface area contributed by atoms with Crippen molar-refractivity contribution in [2.45, 2.75) is 52.0 Å². The largest absolute Gasteiger partial charge is 0.343 e. The average Bonchev–Trinajstić information content (AvgIpc) is 3.48. The number of thiazole rings is 1. The van der Waals surface area contributed by atoms with Gasteiger partial charge in [-0.15, -0.1) is 10.2 Å². The Bertz CT molecular complexity index is 1500. The van der Waals surface area contributed by atoms with Gasteiger partial charge in [0.1, 0.15) is 11.2 Å². The number of aryl methyl sites for hydroxylation is 1. The van der Waals surface area contributed by atoms with Crippen LogP contribution in [0.5, 0.6) is 0 Å². The van der Waals surface area contributed by atoms with E-state index in [-0.39, 0.29) is 11.8 Å². The van der Waals surface area contributed by atoms with Crippen molar-refractivity contribution < 1.29 is 38.2 Å². The van der Waals surface area contributed by atoms with Crippen LogP contribution in [0.2, 0.25) is 0 Å². The van der Waals surface area contributed by atoms with Gasteiger partial charge in [0.15, 0.2) is 0 Å². The number of hydrogen-bond acceptors (Lipinski definition) is 8. The van der Waals surface area contributed by atoms with Gasteiger partial charge in [-0.25, -0.2) is 18.6 Å². The lowest BCUT2D eigenvalue weighted by molar-refractivity contribution is -2.00. The van der Waals surface area contributed by atoms with Gasteiger partial charge in [0.05, 0.1) is 10.7 Å². The third-order valence-corrected chi connectivity index (χ3v) is 9.51. The van der Waals surface area contributed by atoms with Gasteiger partial charge in [0.25, 0.3) is 5.01 Å². The topological polar surface area (TPSA) is 120 Å². The average molecular weight is 630 g/mol. The molecular weight excluding hydrogens is 594 g/mol. The molecule has 42 heavy (non-hydrogen) atoms. The van der Waals surface area contributed by atoms with Crippen molar-refractivity contribution in [3.05, 3.63) is 81.9 Å². The molecule has 0 fully saturated rings. The molecule has 0 spiro atoms. The molecule has 2 heterocycles. The first-order chi connectivity index (χ1) is 20.1. The molecule has 2 aromatic carbocycles. The van der Waals surface area contributed by atoms with E-state index in [1.165, 1.54) is 42.0 Å². The molecule has 11 heteroatoms. The first-order valence-corrected chi connectivity index (χ1v) is 16.9. The van der Waals surface area contributed by atoms with Gasteiger partial charge in [0, 0.05) is 42.6 Å². The van der Waals surface area contributed by atoms with Gasteiger partial charge < -0.3 is 9.80 Å². The normalized spacial score (nSPS) is 18.6. The maximum Gasteiger partial charge on any atom is 0.263 e. The number of anilines is 1. The van der Waals surface area contributed by atoms with Crippen molar-refractivity contribution in [3.8, 4) is 0 Å². The second-order valence-electron chi connectivity index (χ2n) is 9.88. The highest BCUT2D eigenvalue weighted by Gasteiger charge is 2.30. The van der Waals surface area contributed by atoms with Crippen LogP contribution in [0, 0.1) is 16.2 Å². The third kappa shape index (κ3) is 7.82. The lowest BCUT2D eigenvalue weighted by atomic mass is 9.84. The highest BCUT2D eigenvalue weighted by molar-refractivity contribution is 8.03. The fourth-order valence-corrected chi connectivity index (χ4v) is 7.86. The summed E-state index contributed by atoms with van der Waals surface area (Å²) < 4.78 is 37.7. The van der Waals surface area contributed by atoms with E-state index in [0.717, 1.165) is 39.0 Å². The molecule has 3 aromatic rings. The summed E-state index contributed by atoms with van der Waals surface area (Å²) in [6.07, 6.45) is 8.54. The molecule has 2 aliphatic rings. The molecule has 1 aromatic heterocycles. The molecule has 1 aliphatic carbocycles. The highest BCUT2D eigenvalue weighted by atomic mass is 35.7. The zero-order chi connectivity index (χ0) is 30.4. The number of rotatable bonds is 7. The lowest BCUT2D eigenvalue weighted by Crippen LogP contribution is -2.68. The Morgan fingerprint density at radius 1 is 1.00 bits per heavy atom. The zero-order valence-electron chi connectivity index (χ0n) is 24.2. The van der Waals surface area contributed by atoms with Crippen LogP contribution in [-0.4, -0.2) is 30.4 Å². The second-order valence-corrected chi connectivity index (χ2v) is 12.8. The van der Waals surface area contributed by atoms with Crippen LogP contribution in [0.3, 0.4) is 0 Å². The highest BCUT2D eigenvalue weighted by Crippen LogP contribution is 2.46. The third-order valence-electron chi connectivity index (χ3n) is 7.28. The maximum atomic E-state index is 13.5. The van der Waals surface area contributed by atoms with Gasteiger partial charge in [0.2, 0.25) is 11.4 Å². The van der Waals surface area contributed by atoms with E-state index in [1.807, 2.05) is 28.0 Å². The van der Waals surface area contributed by atoms with Crippen molar-refractivity contribution >= 4 is 51.0 Å². The van der Waals surface area contributed by atoms with Crippen LogP contribution >= 0.6 is 23.1 Å². The van der Waals surface area contributed by atoms with E-state index < -0.39 is 10.2 Å². The zero-order valence-corrected chi connectivity index (χ0v) is 26.6. The fourth-order valence-electron chi connectivity index (χ4n) is 5.46.